The van der Waals surface area contributed by atoms with E-state index >= 15 is 0 Å². The maximum Gasteiger partial charge on any atom is 0.139 e. The van der Waals surface area contributed by atoms with Crippen molar-refractivity contribution in [2.75, 3.05) is 13.1 Å². The molecule has 1 fully saturated rings. The van der Waals surface area contributed by atoms with Crippen LogP contribution in [0.3, 0.4) is 0 Å². The topological polar surface area (TPSA) is 67.9 Å². The Hall–Kier alpha value is -2.44. The molecule has 2 N–H and O–H groups in total. The third-order valence-electron chi connectivity index (χ3n) is 4.49. The minimum absolute atomic E-state index is 0.554. The number of rotatable bonds is 5. The molecular weight excluding hydrogens is 302 g/mol. The number of nitrogens with one attached hydrogen (secondary N) is 1. The molecule has 6 heteroatoms. The number of benzene rings is 1. The Morgan fingerprint density at radius 2 is 2.17 bits per heavy atom. The summed E-state index contributed by atoms with van der Waals surface area (Å²) >= 11 is 0. The molecule has 1 unspecified atom stereocenters. The molecule has 1 saturated heterocycles. The fraction of sp³-hybridized carbons (Fsp3) is 0.333. The van der Waals surface area contributed by atoms with Crippen molar-refractivity contribution in [3.05, 3.63) is 60.7 Å². The van der Waals surface area contributed by atoms with Gasteiger partial charge in [-0.2, -0.15) is 5.10 Å². The molecule has 3 aromatic rings. The van der Waals surface area contributed by atoms with Gasteiger partial charge in [-0.1, -0.05) is 18.2 Å². The van der Waals surface area contributed by atoms with E-state index in [1.54, 1.807) is 12.4 Å². The van der Waals surface area contributed by atoms with Crippen molar-refractivity contribution in [3.63, 3.8) is 0 Å². The molecule has 1 aliphatic rings. The number of aromatic nitrogens is 4. The van der Waals surface area contributed by atoms with Gasteiger partial charge in [0.2, 0.25) is 0 Å². The summed E-state index contributed by atoms with van der Waals surface area (Å²) in [6.07, 6.45) is 8.24. The highest BCUT2D eigenvalue weighted by molar-refractivity contribution is 5.56. The zero-order valence-electron chi connectivity index (χ0n) is 13.5. The Labute approximate surface area is 140 Å². The van der Waals surface area contributed by atoms with Crippen LogP contribution in [0.1, 0.15) is 12.0 Å². The molecule has 2 aromatic heterocycles. The third kappa shape index (κ3) is 3.11. The lowest BCUT2D eigenvalue weighted by Crippen LogP contribution is -2.36. The molecule has 0 spiro atoms. The average Bonchev–Trinajstić information content (AvgIpc) is 3.31. The van der Waals surface area contributed by atoms with Crippen molar-refractivity contribution in [2.45, 2.75) is 25.1 Å². The van der Waals surface area contributed by atoms with E-state index in [-0.39, 0.29) is 0 Å². The lowest BCUT2D eigenvalue weighted by molar-refractivity contribution is 0.0436. The SMILES string of the molecule is OC1(Cn2ccnc2-c2cccc(Cn3cccn3)c2)CCNC1. The molecule has 0 amide bonds. The largest absolute Gasteiger partial charge is 0.387 e. The van der Waals surface area contributed by atoms with Gasteiger partial charge in [-0.15, -0.1) is 0 Å². The van der Waals surface area contributed by atoms with E-state index in [9.17, 15) is 5.11 Å². The monoisotopic (exact) mass is 323 g/mol. The summed E-state index contributed by atoms with van der Waals surface area (Å²) < 4.78 is 3.94. The molecule has 0 aliphatic carbocycles. The fourth-order valence-corrected chi connectivity index (χ4v) is 3.27. The van der Waals surface area contributed by atoms with Crippen LogP contribution in [0.25, 0.3) is 11.4 Å². The first kappa shape index (κ1) is 15.1. The van der Waals surface area contributed by atoms with Gasteiger partial charge in [0.05, 0.1) is 18.7 Å². The highest BCUT2D eigenvalue weighted by atomic mass is 16.3. The lowest BCUT2D eigenvalue weighted by atomic mass is 10.0. The Morgan fingerprint density at radius 1 is 1.21 bits per heavy atom. The maximum atomic E-state index is 10.6. The van der Waals surface area contributed by atoms with E-state index in [2.05, 4.69) is 33.6 Å². The number of imidazole rings is 1. The number of hydrogen-bond donors (Lipinski definition) is 2. The predicted molar refractivity (Wildman–Crippen MR) is 91.4 cm³/mol. The van der Waals surface area contributed by atoms with Crippen LogP contribution in [0.15, 0.2) is 55.1 Å². The molecule has 0 saturated carbocycles. The fourth-order valence-electron chi connectivity index (χ4n) is 3.27. The van der Waals surface area contributed by atoms with Crippen LogP contribution in [0.2, 0.25) is 0 Å². The van der Waals surface area contributed by atoms with Gasteiger partial charge in [0, 0.05) is 36.9 Å². The van der Waals surface area contributed by atoms with Gasteiger partial charge >= 0.3 is 0 Å². The van der Waals surface area contributed by atoms with Crippen LogP contribution in [0, 0.1) is 0 Å². The Balaban J connectivity index is 1.59. The first-order chi connectivity index (χ1) is 11.7. The van der Waals surface area contributed by atoms with Gasteiger partial charge in [0.1, 0.15) is 5.82 Å². The van der Waals surface area contributed by atoms with Crippen molar-refractivity contribution in [1.82, 2.24) is 24.6 Å². The van der Waals surface area contributed by atoms with E-state index in [4.69, 9.17) is 0 Å². The summed E-state index contributed by atoms with van der Waals surface area (Å²) in [5, 5.41) is 18.1. The molecule has 24 heavy (non-hydrogen) atoms. The van der Waals surface area contributed by atoms with E-state index in [1.165, 1.54) is 5.56 Å². The number of aliphatic hydroxyl groups is 1. The molecule has 4 rings (SSSR count). The summed E-state index contributed by atoms with van der Waals surface area (Å²) in [6.45, 7) is 2.78. The summed E-state index contributed by atoms with van der Waals surface area (Å²) in [4.78, 5) is 4.51. The van der Waals surface area contributed by atoms with E-state index in [0.29, 0.717) is 13.1 Å². The predicted octanol–water partition coefficient (Wildman–Crippen LogP) is 1.52. The van der Waals surface area contributed by atoms with Crippen molar-refractivity contribution < 1.29 is 5.11 Å². The van der Waals surface area contributed by atoms with Crippen molar-refractivity contribution in [1.29, 1.82) is 0 Å². The van der Waals surface area contributed by atoms with Gasteiger partial charge in [0.25, 0.3) is 0 Å². The third-order valence-corrected chi connectivity index (χ3v) is 4.49. The number of nitrogens with zero attached hydrogens (tertiary/aromatic N) is 4. The summed E-state index contributed by atoms with van der Waals surface area (Å²) in [5.74, 6) is 0.887. The molecule has 1 aromatic carbocycles. The normalized spacial score (nSPS) is 20.5. The number of β-amino-alcohol motifs (C(OH)–C–C–N with tert-alkyl or cyclic N) is 1. The quantitative estimate of drug-likeness (QED) is 0.747. The minimum atomic E-state index is -0.692. The van der Waals surface area contributed by atoms with Crippen molar-refractivity contribution in [2.24, 2.45) is 0 Å². The number of hydrogen-bond acceptors (Lipinski definition) is 4. The molecule has 124 valence electrons. The standard InChI is InChI=1S/C18H21N5O/c24-18(5-7-19-13-18)14-22-10-8-20-17(22)16-4-1-3-15(11-16)12-23-9-2-6-21-23/h1-4,6,8-11,19,24H,5,7,12-14H2. The smallest absolute Gasteiger partial charge is 0.139 e. The van der Waals surface area contributed by atoms with Crippen LogP contribution >= 0.6 is 0 Å². The first-order valence-corrected chi connectivity index (χ1v) is 8.23. The van der Waals surface area contributed by atoms with Crippen LogP contribution < -0.4 is 5.32 Å². The summed E-state index contributed by atoms with van der Waals surface area (Å²) in [5.41, 5.74) is 1.54. The maximum absolute atomic E-state index is 10.6. The van der Waals surface area contributed by atoms with Crippen LogP contribution in [-0.4, -0.2) is 43.1 Å². The minimum Gasteiger partial charge on any atom is -0.387 e. The summed E-state index contributed by atoms with van der Waals surface area (Å²) in [6, 6.07) is 10.2. The van der Waals surface area contributed by atoms with Gasteiger partial charge in [-0.05, 0) is 30.7 Å². The average molecular weight is 323 g/mol. The second-order valence-corrected chi connectivity index (χ2v) is 6.43. The molecule has 0 bridgehead atoms. The highest BCUT2D eigenvalue weighted by Crippen LogP contribution is 2.23. The zero-order valence-corrected chi connectivity index (χ0v) is 13.5. The second kappa shape index (κ2) is 6.22. The molecule has 3 heterocycles. The van der Waals surface area contributed by atoms with E-state index < -0.39 is 5.60 Å². The van der Waals surface area contributed by atoms with Gasteiger partial charge in [-0.3, -0.25) is 4.68 Å². The molecule has 0 radical (unpaired) electrons. The van der Waals surface area contributed by atoms with E-state index in [0.717, 1.165) is 30.9 Å². The van der Waals surface area contributed by atoms with Gasteiger partial charge in [-0.25, -0.2) is 4.98 Å². The summed E-state index contributed by atoms with van der Waals surface area (Å²) in [7, 11) is 0. The van der Waals surface area contributed by atoms with Gasteiger partial charge in [0.15, 0.2) is 0 Å². The Morgan fingerprint density at radius 3 is 2.96 bits per heavy atom. The molecule has 6 nitrogen and oxygen atoms in total. The van der Waals surface area contributed by atoms with Gasteiger partial charge < -0.3 is 15.0 Å². The zero-order chi connectivity index (χ0) is 16.4. The second-order valence-electron chi connectivity index (χ2n) is 6.43. The van der Waals surface area contributed by atoms with E-state index in [1.807, 2.05) is 33.8 Å². The Kier molecular flexibility index (Phi) is 3.92. The molecular formula is C18H21N5O. The van der Waals surface area contributed by atoms with Crippen LogP contribution in [0.4, 0.5) is 0 Å². The lowest BCUT2D eigenvalue weighted by Gasteiger charge is -2.23. The van der Waals surface area contributed by atoms with Crippen LogP contribution in [-0.2, 0) is 13.1 Å². The van der Waals surface area contributed by atoms with Crippen LogP contribution in [0.5, 0.6) is 0 Å². The highest BCUT2D eigenvalue weighted by Gasteiger charge is 2.32. The first-order valence-electron chi connectivity index (χ1n) is 8.23. The van der Waals surface area contributed by atoms with Crippen molar-refractivity contribution in [3.8, 4) is 11.4 Å². The molecule has 1 atom stereocenters. The Bertz CT molecular complexity index is 802. The van der Waals surface area contributed by atoms with Crippen molar-refractivity contribution >= 4 is 0 Å². The molecule has 1 aliphatic heterocycles.